The zero-order chi connectivity index (χ0) is 17.4. The minimum Gasteiger partial charge on any atom is -0.492 e. The topological polar surface area (TPSA) is 90.7 Å². The van der Waals surface area contributed by atoms with E-state index in [1.807, 2.05) is 30.3 Å². The van der Waals surface area contributed by atoms with Gasteiger partial charge < -0.3 is 20.5 Å². The third-order valence-electron chi connectivity index (χ3n) is 3.00. The zero-order valence-electron chi connectivity index (χ0n) is 12.8. The molecule has 0 radical (unpaired) electrons. The molecule has 0 unspecified atom stereocenters. The second-order valence-corrected chi connectivity index (χ2v) is 5.24. The SMILES string of the molecule is NC(=O)c1cc(Cl)ccc1OCC(=O)NCCOc1ccccc1. The summed E-state index contributed by atoms with van der Waals surface area (Å²) in [5.41, 5.74) is 5.38. The van der Waals surface area contributed by atoms with Crippen LogP contribution in [0.3, 0.4) is 0 Å². The number of carbonyl (C=O) groups excluding carboxylic acids is 2. The van der Waals surface area contributed by atoms with Crippen LogP contribution in [-0.2, 0) is 4.79 Å². The van der Waals surface area contributed by atoms with Crippen LogP contribution in [0, 0.1) is 0 Å². The van der Waals surface area contributed by atoms with Gasteiger partial charge in [0.1, 0.15) is 18.1 Å². The summed E-state index contributed by atoms with van der Waals surface area (Å²) in [5.74, 6) is -0.0703. The molecule has 0 saturated carbocycles. The lowest BCUT2D eigenvalue weighted by Gasteiger charge is -2.11. The third-order valence-corrected chi connectivity index (χ3v) is 3.24. The van der Waals surface area contributed by atoms with Crippen molar-refractivity contribution in [3.63, 3.8) is 0 Å². The Labute approximate surface area is 144 Å². The van der Waals surface area contributed by atoms with Gasteiger partial charge in [0.05, 0.1) is 12.1 Å². The largest absolute Gasteiger partial charge is 0.492 e. The number of carbonyl (C=O) groups is 2. The summed E-state index contributed by atoms with van der Waals surface area (Å²) in [6.45, 7) is 0.427. The van der Waals surface area contributed by atoms with Gasteiger partial charge in [-0.1, -0.05) is 29.8 Å². The lowest BCUT2D eigenvalue weighted by atomic mass is 10.2. The second-order valence-electron chi connectivity index (χ2n) is 4.80. The van der Waals surface area contributed by atoms with Gasteiger partial charge in [0.2, 0.25) is 0 Å². The average Bonchev–Trinajstić information content (AvgIpc) is 2.58. The second kappa shape index (κ2) is 8.79. The summed E-state index contributed by atoms with van der Waals surface area (Å²) in [7, 11) is 0. The first kappa shape index (κ1) is 17.6. The molecule has 126 valence electrons. The van der Waals surface area contributed by atoms with Crippen LogP contribution >= 0.6 is 11.6 Å². The van der Waals surface area contributed by atoms with Crippen LogP contribution in [0.25, 0.3) is 0 Å². The smallest absolute Gasteiger partial charge is 0.258 e. The first-order valence-corrected chi connectivity index (χ1v) is 7.61. The highest BCUT2D eigenvalue weighted by molar-refractivity contribution is 6.31. The highest BCUT2D eigenvalue weighted by atomic mass is 35.5. The predicted molar refractivity (Wildman–Crippen MR) is 90.4 cm³/mol. The average molecular weight is 349 g/mol. The van der Waals surface area contributed by atoms with E-state index in [9.17, 15) is 9.59 Å². The van der Waals surface area contributed by atoms with Gasteiger partial charge in [-0.15, -0.1) is 0 Å². The standard InChI is InChI=1S/C17H17ClN2O4/c18-12-6-7-15(14(10-12)17(19)22)24-11-16(21)20-8-9-23-13-4-2-1-3-5-13/h1-7,10H,8-9,11H2,(H2,19,22)(H,20,21). The van der Waals surface area contributed by atoms with Crippen LogP contribution in [0.1, 0.15) is 10.4 Å². The molecule has 2 aromatic carbocycles. The first-order valence-electron chi connectivity index (χ1n) is 7.23. The van der Waals surface area contributed by atoms with Crippen LogP contribution in [0.15, 0.2) is 48.5 Å². The van der Waals surface area contributed by atoms with Crippen molar-refractivity contribution in [3.05, 3.63) is 59.1 Å². The molecule has 0 aliphatic carbocycles. The molecule has 24 heavy (non-hydrogen) atoms. The van der Waals surface area contributed by atoms with Crippen LogP contribution in [0.5, 0.6) is 11.5 Å². The van der Waals surface area contributed by atoms with E-state index in [-0.39, 0.29) is 23.8 Å². The van der Waals surface area contributed by atoms with Gasteiger partial charge in [-0.05, 0) is 30.3 Å². The summed E-state index contributed by atoms with van der Waals surface area (Å²) in [4.78, 5) is 23.1. The zero-order valence-corrected chi connectivity index (χ0v) is 13.6. The first-order chi connectivity index (χ1) is 11.6. The van der Waals surface area contributed by atoms with E-state index in [2.05, 4.69) is 5.32 Å². The summed E-state index contributed by atoms with van der Waals surface area (Å²) >= 11 is 5.80. The van der Waals surface area contributed by atoms with Crippen molar-refractivity contribution in [2.45, 2.75) is 0 Å². The molecule has 0 bridgehead atoms. The fraction of sp³-hybridized carbons (Fsp3) is 0.176. The van der Waals surface area contributed by atoms with Crippen molar-refractivity contribution >= 4 is 23.4 Å². The van der Waals surface area contributed by atoms with E-state index < -0.39 is 5.91 Å². The molecule has 0 aliphatic rings. The number of rotatable bonds is 8. The molecule has 2 rings (SSSR count). The van der Waals surface area contributed by atoms with Crippen LogP contribution in [0.4, 0.5) is 0 Å². The lowest BCUT2D eigenvalue weighted by molar-refractivity contribution is -0.123. The monoisotopic (exact) mass is 348 g/mol. The van der Waals surface area contributed by atoms with E-state index in [1.54, 1.807) is 6.07 Å². The number of primary amides is 1. The highest BCUT2D eigenvalue weighted by Crippen LogP contribution is 2.22. The molecule has 0 aromatic heterocycles. The predicted octanol–water partition coefficient (Wildman–Crippen LogP) is 2.01. The molecule has 7 heteroatoms. The number of hydrogen-bond acceptors (Lipinski definition) is 4. The molecular weight excluding hydrogens is 332 g/mol. The fourth-order valence-corrected chi connectivity index (χ4v) is 2.06. The fourth-order valence-electron chi connectivity index (χ4n) is 1.89. The molecule has 2 aromatic rings. The quantitative estimate of drug-likeness (QED) is 0.714. The van der Waals surface area contributed by atoms with E-state index in [0.29, 0.717) is 18.2 Å². The van der Waals surface area contributed by atoms with Gasteiger partial charge in [-0.3, -0.25) is 9.59 Å². The van der Waals surface area contributed by atoms with Crippen molar-refractivity contribution in [3.8, 4) is 11.5 Å². The highest BCUT2D eigenvalue weighted by Gasteiger charge is 2.11. The van der Waals surface area contributed by atoms with E-state index in [1.165, 1.54) is 12.1 Å². The molecule has 0 fully saturated rings. The van der Waals surface area contributed by atoms with Crippen molar-refractivity contribution in [1.82, 2.24) is 5.32 Å². The Morgan fingerprint density at radius 2 is 1.83 bits per heavy atom. The Bertz CT molecular complexity index is 707. The van der Waals surface area contributed by atoms with E-state index >= 15 is 0 Å². The molecule has 0 saturated heterocycles. The van der Waals surface area contributed by atoms with Crippen molar-refractivity contribution < 1.29 is 19.1 Å². The van der Waals surface area contributed by atoms with Crippen LogP contribution < -0.4 is 20.5 Å². The minimum absolute atomic E-state index is 0.128. The van der Waals surface area contributed by atoms with Gasteiger partial charge in [0.25, 0.3) is 11.8 Å². The molecule has 0 aliphatic heterocycles. The molecule has 3 N–H and O–H groups in total. The Hall–Kier alpha value is -2.73. The summed E-state index contributed by atoms with van der Waals surface area (Å²) in [6, 6.07) is 13.7. The number of amides is 2. The van der Waals surface area contributed by atoms with Crippen molar-refractivity contribution in [2.24, 2.45) is 5.73 Å². The number of nitrogens with two attached hydrogens (primary N) is 1. The maximum absolute atomic E-state index is 11.7. The van der Waals surface area contributed by atoms with Crippen LogP contribution in [-0.4, -0.2) is 31.6 Å². The van der Waals surface area contributed by atoms with Gasteiger partial charge >= 0.3 is 0 Å². The number of para-hydroxylation sites is 1. The maximum Gasteiger partial charge on any atom is 0.258 e. The maximum atomic E-state index is 11.7. The van der Waals surface area contributed by atoms with Gasteiger partial charge in [-0.25, -0.2) is 0 Å². The van der Waals surface area contributed by atoms with Gasteiger partial charge in [0.15, 0.2) is 6.61 Å². The Morgan fingerprint density at radius 3 is 2.54 bits per heavy atom. The summed E-state index contributed by atoms with van der Waals surface area (Å²) in [5, 5.41) is 3.01. The normalized spacial score (nSPS) is 10.0. The Balaban J connectivity index is 1.74. The van der Waals surface area contributed by atoms with Crippen molar-refractivity contribution in [1.29, 1.82) is 0 Å². The van der Waals surface area contributed by atoms with Crippen molar-refractivity contribution in [2.75, 3.05) is 19.8 Å². The molecule has 6 nitrogen and oxygen atoms in total. The summed E-state index contributed by atoms with van der Waals surface area (Å²) in [6.07, 6.45) is 0. The molecular formula is C17H17ClN2O4. The lowest BCUT2D eigenvalue weighted by Crippen LogP contribution is -2.32. The van der Waals surface area contributed by atoms with Gasteiger partial charge in [0, 0.05) is 5.02 Å². The number of ether oxygens (including phenoxy) is 2. The van der Waals surface area contributed by atoms with E-state index in [4.69, 9.17) is 26.8 Å². The Morgan fingerprint density at radius 1 is 1.08 bits per heavy atom. The van der Waals surface area contributed by atoms with Crippen LogP contribution in [0.2, 0.25) is 5.02 Å². The molecule has 2 amide bonds. The minimum atomic E-state index is -0.677. The molecule has 0 spiro atoms. The molecule has 0 heterocycles. The number of halogens is 1. The Kier molecular flexibility index (Phi) is 6.45. The third kappa shape index (κ3) is 5.48. The molecule has 0 atom stereocenters. The van der Waals surface area contributed by atoms with Gasteiger partial charge in [-0.2, -0.15) is 0 Å². The van der Waals surface area contributed by atoms with E-state index in [0.717, 1.165) is 5.75 Å². The summed E-state index contributed by atoms with van der Waals surface area (Å²) < 4.78 is 10.8. The number of benzene rings is 2. The number of hydrogen-bond donors (Lipinski definition) is 2. The number of nitrogens with one attached hydrogen (secondary N) is 1.